The Morgan fingerprint density at radius 3 is 1.04 bits per heavy atom. The van der Waals surface area contributed by atoms with E-state index in [2.05, 4.69) is 0 Å². The van der Waals surface area contributed by atoms with E-state index in [1.165, 1.54) is 0 Å². The van der Waals surface area contributed by atoms with Crippen LogP contribution in [0.15, 0.2) is 50.2 Å². The van der Waals surface area contributed by atoms with Gasteiger partial charge in [-0.2, -0.15) is 0 Å². The van der Waals surface area contributed by atoms with Crippen molar-refractivity contribution in [2.75, 3.05) is 0 Å². The fourth-order valence-corrected chi connectivity index (χ4v) is 2.79. The Morgan fingerprint density at radius 2 is 0.833 bits per heavy atom. The van der Waals surface area contributed by atoms with Crippen molar-refractivity contribution in [1.29, 1.82) is 0 Å². The molecule has 4 rings (SSSR count). The third-order valence-corrected chi connectivity index (χ3v) is 4.20. The number of rotatable bonds is 3. The van der Waals surface area contributed by atoms with Crippen molar-refractivity contribution < 1.29 is 27.0 Å². The van der Waals surface area contributed by atoms with E-state index in [9.17, 15) is 0 Å². The van der Waals surface area contributed by atoms with Gasteiger partial charge in [0.2, 0.25) is 0 Å². The van der Waals surface area contributed by atoms with E-state index in [1.54, 1.807) is 18.8 Å². The summed E-state index contributed by atoms with van der Waals surface area (Å²) in [5, 5.41) is 0. The van der Waals surface area contributed by atoms with Gasteiger partial charge in [-0.15, -0.1) is 0 Å². The van der Waals surface area contributed by atoms with Crippen LogP contribution >= 0.6 is 0 Å². The smallest absolute Gasteiger partial charge is 0.470 e. The number of hydrogen-bond donors (Lipinski definition) is 0. The third-order valence-electron chi connectivity index (χ3n) is 4.20. The second-order valence-electron chi connectivity index (χ2n) is 5.70. The monoisotopic (exact) mass is 324 g/mol. The summed E-state index contributed by atoms with van der Waals surface area (Å²) in [6.07, 6.45) is 4.84. The van der Waals surface area contributed by atoms with Crippen LogP contribution < -0.4 is 16.4 Å². The summed E-state index contributed by atoms with van der Waals surface area (Å²) in [5.74, 6) is 2.23. The lowest BCUT2D eigenvalue weighted by Crippen LogP contribution is -2.61. The third kappa shape index (κ3) is 2.64. The van der Waals surface area contributed by atoms with Crippen molar-refractivity contribution in [1.82, 2.24) is 0 Å². The normalized spacial score (nSPS) is 15.4. The molecule has 9 heteroatoms. The maximum Gasteiger partial charge on any atom is 0.470 e. The molecule has 0 atom stereocenters. The van der Waals surface area contributed by atoms with Crippen molar-refractivity contribution in [3.63, 3.8) is 0 Å². The minimum Gasteiger partial charge on any atom is -0.470 e. The molecule has 0 spiro atoms. The number of hydrogen-bond acceptors (Lipinski definition) is 6. The Labute approximate surface area is 140 Å². The first-order valence-corrected chi connectivity index (χ1v) is 7.72. The molecular weight excluding hydrogens is 309 g/mol. The van der Waals surface area contributed by atoms with E-state index in [0.717, 1.165) is 33.7 Å². The SMILES string of the molecule is Cc1occc1B1OB(c2ccoc2C)OB(c2ccoc2C)O1. The molecule has 3 aromatic rings. The summed E-state index contributed by atoms with van der Waals surface area (Å²) in [5.41, 5.74) is 2.49. The van der Waals surface area contributed by atoms with E-state index >= 15 is 0 Å². The summed E-state index contributed by atoms with van der Waals surface area (Å²) in [6, 6.07) is 5.51. The molecule has 0 aromatic carbocycles. The van der Waals surface area contributed by atoms with E-state index in [0.29, 0.717) is 0 Å². The maximum absolute atomic E-state index is 6.01. The summed E-state index contributed by atoms with van der Waals surface area (Å²) < 4.78 is 34.2. The van der Waals surface area contributed by atoms with Crippen LogP contribution in [-0.2, 0) is 13.7 Å². The molecule has 0 amide bonds. The van der Waals surface area contributed by atoms with Gasteiger partial charge in [0.05, 0.1) is 36.1 Å². The van der Waals surface area contributed by atoms with Gasteiger partial charge in [0.15, 0.2) is 0 Å². The quantitative estimate of drug-likeness (QED) is 0.668. The second-order valence-corrected chi connectivity index (χ2v) is 5.70. The van der Waals surface area contributed by atoms with Gasteiger partial charge in [0.1, 0.15) is 0 Å². The number of aryl methyl sites for hydroxylation is 3. The second kappa shape index (κ2) is 6.09. The molecule has 6 nitrogen and oxygen atoms in total. The predicted octanol–water partition coefficient (Wildman–Crippen LogP) is 0.940. The van der Waals surface area contributed by atoms with Crippen LogP contribution in [0.25, 0.3) is 0 Å². The van der Waals surface area contributed by atoms with E-state index in [4.69, 9.17) is 27.0 Å². The molecule has 1 aliphatic heterocycles. The highest BCUT2D eigenvalue weighted by molar-refractivity contribution is 6.87. The van der Waals surface area contributed by atoms with Crippen LogP contribution in [0.3, 0.4) is 0 Å². The minimum atomic E-state index is -0.615. The Balaban J connectivity index is 1.70. The molecule has 0 radical (unpaired) electrons. The van der Waals surface area contributed by atoms with Crippen molar-refractivity contribution in [3.05, 3.63) is 54.3 Å². The summed E-state index contributed by atoms with van der Waals surface area (Å²) in [7, 11) is -1.84. The highest BCUT2D eigenvalue weighted by Gasteiger charge is 2.46. The van der Waals surface area contributed by atoms with Crippen molar-refractivity contribution >= 4 is 37.7 Å². The molecule has 3 aromatic heterocycles. The molecule has 0 saturated carbocycles. The Bertz CT molecular complexity index is 722. The summed E-state index contributed by atoms with van der Waals surface area (Å²) >= 11 is 0. The Kier molecular flexibility index (Phi) is 3.92. The lowest BCUT2D eigenvalue weighted by atomic mass is 9.61. The average molecular weight is 324 g/mol. The lowest BCUT2D eigenvalue weighted by Gasteiger charge is -2.30. The maximum atomic E-state index is 6.01. The molecule has 0 N–H and O–H groups in total. The average Bonchev–Trinajstić information content (AvgIpc) is 3.28. The van der Waals surface area contributed by atoms with Crippen LogP contribution in [0.4, 0.5) is 0 Å². The van der Waals surface area contributed by atoms with Crippen LogP contribution in [0.1, 0.15) is 17.3 Å². The van der Waals surface area contributed by atoms with Crippen molar-refractivity contribution in [3.8, 4) is 0 Å². The first kappa shape index (κ1) is 15.4. The van der Waals surface area contributed by atoms with Gasteiger partial charge in [0, 0.05) is 16.4 Å². The van der Waals surface area contributed by atoms with Gasteiger partial charge in [-0.25, -0.2) is 0 Å². The van der Waals surface area contributed by atoms with Crippen LogP contribution in [-0.4, -0.2) is 21.4 Å². The van der Waals surface area contributed by atoms with Gasteiger partial charge >= 0.3 is 21.4 Å². The van der Waals surface area contributed by atoms with Gasteiger partial charge in [-0.05, 0) is 39.0 Å². The topological polar surface area (TPSA) is 67.1 Å². The Hall–Kier alpha value is -2.09. The minimum absolute atomic E-state index is 0.615. The predicted molar refractivity (Wildman–Crippen MR) is 89.8 cm³/mol. The zero-order valence-electron chi connectivity index (χ0n) is 13.6. The summed E-state index contributed by atoms with van der Waals surface area (Å²) in [4.78, 5) is 0. The van der Waals surface area contributed by atoms with E-state index in [1.807, 2.05) is 39.0 Å². The van der Waals surface area contributed by atoms with Crippen LogP contribution in [0, 0.1) is 20.8 Å². The molecule has 1 saturated heterocycles. The molecule has 120 valence electrons. The fraction of sp³-hybridized carbons (Fsp3) is 0.200. The van der Waals surface area contributed by atoms with Gasteiger partial charge in [-0.3, -0.25) is 0 Å². The molecule has 1 fully saturated rings. The van der Waals surface area contributed by atoms with E-state index < -0.39 is 21.4 Å². The van der Waals surface area contributed by atoms with Gasteiger partial charge < -0.3 is 27.0 Å². The van der Waals surface area contributed by atoms with Crippen molar-refractivity contribution in [2.24, 2.45) is 0 Å². The largest absolute Gasteiger partial charge is 0.470 e. The zero-order valence-corrected chi connectivity index (χ0v) is 13.6. The highest BCUT2D eigenvalue weighted by atomic mass is 16.7. The lowest BCUT2D eigenvalue weighted by molar-refractivity contribution is 0.307. The van der Waals surface area contributed by atoms with Gasteiger partial charge in [0.25, 0.3) is 0 Å². The molecule has 4 heterocycles. The molecule has 1 aliphatic rings. The molecule has 0 unspecified atom stereocenters. The molecule has 0 aliphatic carbocycles. The molecule has 24 heavy (non-hydrogen) atoms. The standard InChI is InChI=1S/C15H15B3O6/c1-10-13(4-7-19-10)16-22-17(14-5-8-20-11(14)2)24-18(23-16)15-6-9-21-12(15)3/h4-9H,1-3H3. The molecule has 0 bridgehead atoms. The van der Waals surface area contributed by atoms with Crippen molar-refractivity contribution in [2.45, 2.75) is 20.8 Å². The summed E-state index contributed by atoms with van der Waals surface area (Å²) in [6.45, 7) is 5.61. The van der Waals surface area contributed by atoms with E-state index in [-0.39, 0.29) is 0 Å². The Morgan fingerprint density at radius 1 is 0.542 bits per heavy atom. The van der Waals surface area contributed by atoms with Crippen LogP contribution in [0.2, 0.25) is 0 Å². The van der Waals surface area contributed by atoms with Gasteiger partial charge in [-0.1, -0.05) is 0 Å². The molecular formula is C15H15B3O6. The number of furan rings is 3. The fourth-order valence-electron chi connectivity index (χ4n) is 2.79. The highest BCUT2D eigenvalue weighted by Crippen LogP contribution is 2.14. The first-order valence-electron chi connectivity index (χ1n) is 7.72. The zero-order chi connectivity index (χ0) is 16.7. The van der Waals surface area contributed by atoms with Crippen LogP contribution in [0.5, 0.6) is 0 Å². The first-order chi connectivity index (χ1) is 11.6.